The van der Waals surface area contributed by atoms with E-state index in [2.05, 4.69) is 4.90 Å². The van der Waals surface area contributed by atoms with Gasteiger partial charge in [0.05, 0.1) is 23.7 Å². The predicted molar refractivity (Wildman–Crippen MR) is 123 cm³/mol. The van der Waals surface area contributed by atoms with Crippen molar-refractivity contribution in [1.82, 2.24) is 9.47 Å². The van der Waals surface area contributed by atoms with Crippen LogP contribution in [0.5, 0.6) is 0 Å². The molecule has 1 aromatic heterocycles. The minimum Gasteiger partial charge on any atom is -0.379 e. The van der Waals surface area contributed by atoms with E-state index in [9.17, 15) is 14.9 Å². The lowest BCUT2D eigenvalue weighted by Crippen LogP contribution is -2.38. The summed E-state index contributed by atoms with van der Waals surface area (Å²) in [6, 6.07) is 18.2. The number of nitrogens with zero attached hydrogens (tertiary/aromatic N) is 3. The maximum atomic E-state index is 13.6. The lowest BCUT2D eigenvalue weighted by molar-refractivity contribution is -0.384. The van der Waals surface area contributed by atoms with E-state index >= 15 is 0 Å². The standard InChI is InChI=1S/C25H23N3O4/c29-25(22-7-3-5-18-4-1-2-6-20(18)22)23-17-27(11-10-26-12-14-32-15-13-26)24-16-19(28(30)31)8-9-21(23)24/h1-9,16-17H,10-15H2. The van der Waals surface area contributed by atoms with Crippen LogP contribution in [0.15, 0.2) is 66.9 Å². The zero-order valence-electron chi connectivity index (χ0n) is 17.6. The van der Waals surface area contributed by atoms with Gasteiger partial charge in [-0.3, -0.25) is 19.8 Å². The van der Waals surface area contributed by atoms with Gasteiger partial charge >= 0.3 is 0 Å². The van der Waals surface area contributed by atoms with Crippen LogP contribution >= 0.6 is 0 Å². The fraction of sp³-hybridized carbons (Fsp3) is 0.240. The molecule has 0 radical (unpaired) electrons. The molecule has 5 rings (SSSR count). The lowest BCUT2D eigenvalue weighted by atomic mass is 9.97. The molecule has 0 N–H and O–H groups in total. The predicted octanol–water partition coefficient (Wildman–Crippen LogP) is 4.27. The van der Waals surface area contributed by atoms with Crippen LogP contribution in [-0.2, 0) is 11.3 Å². The van der Waals surface area contributed by atoms with Crippen molar-refractivity contribution in [2.75, 3.05) is 32.8 Å². The third kappa shape index (κ3) is 3.77. The molecule has 1 saturated heterocycles. The zero-order valence-corrected chi connectivity index (χ0v) is 17.6. The van der Waals surface area contributed by atoms with Gasteiger partial charge in [0.25, 0.3) is 5.69 Å². The first-order valence-corrected chi connectivity index (χ1v) is 10.7. The highest BCUT2D eigenvalue weighted by Crippen LogP contribution is 2.29. The Morgan fingerprint density at radius 3 is 2.53 bits per heavy atom. The van der Waals surface area contributed by atoms with Crippen molar-refractivity contribution in [2.45, 2.75) is 6.54 Å². The number of rotatable bonds is 6. The van der Waals surface area contributed by atoms with Crippen LogP contribution in [0.1, 0.15) is 15.9 Å². The second-order valence-corrected chi connectivity index (χ2v) is 8.00. The van der Waals surface area contributed by atoms with Gasteiger partial charge in [-0.2, -0.15) is 0 Å². The van der Waals surface area contributed by atoms with Crippen molar-refractivity contribution < 1.29 is 14.5 Å². The molecule has 2 heterocycles. The second kappa shape index (κ2) is 8.53. The average molecular weight is 429 g/mol. The number of carbonyl (C=O) groups excluding carboxylic acids is 1. The molecule has 1 aliphatic rings. The van der Waals surface area contributed by atoms with Crippen molar-refractivity contribution >= 4 is 33.1 Å². The van der Waals surface area contributed by atoms with Crippen molar-refractivity contribution in [1.29, 1.82) is 0 Å². The molecule has 0 aliphatic carbocycles. The van der Waals surface area contributed by atoms with E-state index in [1.54, 1.807) is 12.1 Å². The number of nitro groups is 1. The van der Waals surface area contributed by atoms with Gasteiger partial charge in [-0.1, -0.05) is 42.5 Å². The van der Waals surface area contributed by atoms with E-state index in [-0.39, 0.29) is 11.5 Å². The maximum absolute atomic E-state index is 13.6. The smallest absolute Gasteiger partial charge is 0.271 e. The number of hydrogen-bond donors (Lipinski definition) is 0. The molecule has 0 amide bonds. The van der Waals surface area contributed by atoms with Crippen LogP contribution < -0.4 is 0 Å². The van der Waals surface area contributed by atoms with Crippen molar-refractivity contribution in [3.8, 4) is 0 Å². The Balaban J connectivity index is 1.57. The van der Waals surface area contributed by atoms with Crippen LogP contribution in [0.4, 0.5) is 5.69 Å². The van der Waals surface area contributed by atoms with Crippen LogP contribution in [0.2, 0.25) is 0 Å². The first-order chi connectivity index (χ1) is 15.6. The summed E-state index contributed by atoms with van der Waals surface area (Å²) in [7, 11) is 0. The van der Waals surface area contributed by atoms with E-state index in [4.69, 9.17) is 4.74 Å². The third-order valence-electron chi connectivity index (χ3n) is 6.12. The van der Waals surface area contributed by atoms with Crippen molar-refractivity contribution in [3.05, 3.63) is 88.1 Å². The second-order valence-electron chi connectivity index (χ2n) is 8.00. The Kier molecular flexibility index (Phi) is 5.43. The van der Waals surface area contributed by atoms with Gasteiger partial charge < -0.3 is 9.30 Å². The minimum absolute atomic E-state index is 0.0207. The number of ketones is 1. The molecule has 3 aromatic carbocycles. The Hall–Kier alpha value is -3.55. The van der Waals surface area contributed by atoms with Gasteiger partial charge in [0, 0.05) is 61.0 Å². The molecule has 0 spiro atoms. The minimum atomic E-state index is -0.398. The third-order valence-corrected chi connectivity index (χ3v) is 6.12. The Morgan fingerprint density at radius 1 is 0.938 bits per heavy atom. The molecule has 162 valence electrons. The quantitative estimate of drug-likeness (QED) is 0.260. The zero-order chi connectivity index (χ0) is 22.1. The molecule has 0 saturated carbocycles. The van der Waals surface area contributed by atoms with Gasteiger partial charge in [-0.15, -0.1) is 0 Å². The molecule has 7 heteroatoms. The molecule has 0 bridgehead atoms. The number of fused-ring (bicyclic) bond motifs is 2. The molecular weight excluding hydrogens is 406 g/mol. The number of carbonyl (C=O) groups is 1. The fourth-order valence-corrected chi connectivity index (χ4v) is 4.40. The van der Waals surface area contributed by atoms with Crippen LogP contribution in [-0.4, -0.2) is 53.0 Å². The Labute approximate surface area is 185 Å². The molecule has 0 atom stereocenters. The van der Waals surface area contributed by atoms with Gasteiger partial charge in [0.1, 0.15) is 0 Å². The van der Waals surface area contributed by atoms with E-state index in [0.29, 0.717) is 36.4 Å². The highest BCUT2D eigenvalue weighted by Gasteiger charge is 2.21. The number of aromatic nitrogens is 1. The number of nitro benzene ring substituents is 1. The molecule has 32 heavy (non-hydrogen) atoms. The summed E-state index contributed by atoms with van der Waals surface area (Å²) >= 11 is 0. The summed E-state index contributed by atoms with van der Waals surface area (Å²) in [4.78, 5) is 26.9. The number of non-ortho nitro benzene ring substituents is 1. The number of benzene rings is 3. The first-order valence-electron chi connectivity index (χ1n) is 10.7. The normalized spacial score (nSPS) is 14.8. The van der Waals surface area contributed by atoms with Gasteiger partial charge in [-0.05, 0) is 16.8 Å². The number of ether oxygens (including phenoxy) is 1. The number of morpholine rings is 1. The maximum Gasteiger partial charge on any atom is 0.271 e. The molecule has 7 nitrogen and oxygen atoms in total. The van der Waals surface area contributed by atoms with Crippen LogP contribution in [0, 0.1) is 10.1 Å². The fourth-order valence-electron chi connectivity index (χ4n) is 4.40. The Bertz CT molecular complexity index is 1320. The summed E-state index contributed by atoms with van der Waals surface area (Å²) in [5, 5.41) is 14.0. The Morgan fingerprint density at radius 2 is 1.72 bits per heavy atom. The summed E-state index contributed by atoms with van der Waals surface area (Å²) < 4.78 is 7.38. The topological polar surface area (TPSA) is 77.6 Å². The van der Waals surface area contributed by atoms with E-state index < -0.39 is 4.92 Å². The van der Waals surface area contributed by atoms with Crippen molar-refractivity contribution in [3.63, 3.8) is 0 Å². The van der Waals surface area contributed by atoms with Crippen LogP contribution in [0.3, 0.4) is 0 Å². The SMILES string of the molecule is O=C(c1cccc2ccccc12)c1cn(CCN2CCOCC2)c2cc([N+](=O)[O-])ccc12. The summed E-state index contributed by atoms with van der Waals surface area (Å²) in [6.07, 6.45) is 1.85. The molecule has 1 fully saturated rings. The van der Waals surface area contributed by atoms with Crippen molar-refractivity contribution in [2.24, 2.45) is 0 Å². The highest BCUT2D eigenvalue weighted by atomic mass is 16.6. The average Bonchev–Trinajstić information content (AvgIpc) is 3.20. The molecule has 1 aliphatic heterocycles. The van der Waals surface area contributed by atoms with E-state index in [1.807, 2.05) is 53.2 Å². The largest absolute Gasteiger partial charge is 0.379 e. The first kappa shape index (κ1) is 20.4. The van der Waals surface area contributed by atoms with E-state index in [1.165, 1.54) is 6.07 Å². The van der Waals surface area contributed by atoms with Gasteiger partial charge in [-0.25, -0.2) is 0 Å². The lowest BCUT2D eigenvalue weighted by Gasteiger charge is -2.26. The molecule has 0 unspecified atom stereocenters. The monoisotopic (exact) mass is 429 g/mol. The van der Waals surface area contributed by atoms with Crippen LogP contribution in [0.25, 0.3) is 21.7 Å². The molecule has 4 aromatic rings. The van der Waals surface area contributed by atoms with Gasteiger partial charge in [0.15, 0.2) is 5.78 Å². The summed E-state index contributed by atoms with van der Waals surface area (Å²) in [6.45, 7) is 4.58. The highest BCUT2D eigenvalue weighted by molar-refractivity contribution is 6.21. The number of hydrogen-bond acceptors (Lipinski definition) is 5. The summed E-state index contributed by atoms with van der Waals surface area (Å²) in [5.41, 5.74) is 1.92. The van der Waals surface area contributed by atoms with Gasteiger partial charge in [0.2, 0.25) is 0 Å². The van der Waals surface area contributed by atoms with E-state index in [0.717, 1.165) is 35.8 Å². The summed E-state index contributed by atoms with van der Waals surface area (Å²) in [5.74, 6) is -0.0780. The molecular formula is C25H23N3O4.